The molecule has 0 saturated heterocycles. The molecule has 130 valence electrons. The van der Waals surface area contributed by atoms with Crippen LogP contribution in [0.3, 0.4) is 0 Å². The molecule has 2 unspecified atom stereocenters. The molecule has 0 spiro atoms. The van der Waals surface area contributed by atoms with Gasteiger partial charge in [-0.05, 0) is 43.0 Å². The molecule has 3 nitrogen and oxygen atoms in total. The molecule has 0 saturated carbocycles. The van der Waals surface area contributed by atoms with Gasteiger partial charge < -0.3 is 10.1 Å². The fourth-order valence-electron chi connectivity index (χ4n) is 3.90. The van der Waals surface area contributed by atoms with Crippen LogP contribution in [0.1, 0.15) is 41.7 Å². The first kappa shape index (κ1) is 16.9. The summed E-state index contributed by atoms with van der Waals surface area (Å²) in [5, 5.41) is 16.0. The third-order valence-electron chi connectivity index (χ3n) is 5.05. The number of aliphatic hydroxyl groups excluding tert-OH is 1. The minimum Gasteiger partial charge on any atom is -0.394 e. The summed E-state index contributed by atoms with van der Waals surface area (Å²) in [5.41, 5.74) is 4.52. The molecule has 1 aromatic heterocycles. The molecular formula is C20H20Cl2N2O. The van der Waals surface area contributed by atoms with Crippen molar-refractivity contribution in [3.63, 3.8) is 0 Å². The Labute approximate surface area is 157 Å². The molecule has 0 bridgehead atoms. The lowest BCUT2D eigenvalue weighted by atomic mass is 9.90. The SMILES string of the molecule is OCC(NC1CCCc2c1[nH]c1ccccc21)c1c(Cl)cccc1Cl. The molecule has 1 heterocycles. The van der Waals surface area contributed by atoms with Crippen LogP contribution in [-0.4, -0.2) is 16.7 Å². The second-order valence-corrected chi connectivity index (χ2v) is 7.36. The van der Waals surface area contributed by atoms with Gasteiger partial charge in [0.1, 0.15) is 0 Å². The highest BCUT2D eigenvalue weighted by atomic mass is 35.5. The number of halogens is 2. The Morgan fingerprint density at radius 2 is 1.88 bits per heavy atom. The molecule has 0 fully saturated rings. The third kappa shape index (κ3) is 3.06. The number of hydrogen-bond donors (Lipinski definition) is 3. The van der Waals surface area contributed by atoms with Gasteiger partial charge in [-0.2, -0.15) is 0 Å². The van der Waals surface area contributed by atoms with E-state index in [9.17, 15) is 5.11 Å². The molecule has 0 amide bonds. The molecule has 2 aromatic carbocycles. The smallest absolute Gasteiger partial charge is 0.0627 e. The number of fused-ring (bicyclic) bond motifs is 3. The minimum atomic E-state index is -0.302. The van der Waals surface area contributed by atoms with E-state index >= 15 is 0 Å². The van der Waals surface area contributed by atoms with E-state index in [4.69, 9.17) is 23.2 Å². The molecule has 0 aliphatic heterocycles. The Morgan fingerprint density at radius 1 is 1.12 bits per heavy atom. The van der Waals surface area contributed by atoms with Crippen LogP contribution in [0.15, 0.2) is 42.5 Å². The van der Waals surface area contributed by atoms with Crippen LogP contribution in [0.2, 0.25) is 10.0 Å². The van der Waals surface area contributed by atoms with Crippen LogP contribution < -0.4 is 5.32 Å². The summed E-state index contributed by atoms with van der Waals surface area (Å²) in [6.07, 6.45) is 3.20. The first-order valence-electron chi connectivity index (χ1n) is 8.59. The van der Waals surface area contributed by atoms with Gasteiger partial charge >= 0.3 is 0 Å². The van der Waals surface area contributed by atoms with Gasteiger partial charge in [0.25, 0.3) is 0 Å². The van der Waals surface area contributed by atoms with Crippen LogP contribution in [0, 0.1) is 0 Å². The molecule has 3 N–H and O–H groups in total. The van der Waals surface area contributed by atoms with E-state index in [2.05, 4.69) is 28.5 Å². The predicted octanol–water partition coefficient (Wildman–Crippen LogP) is 5.18. The number of aromatic nitrogens is 1. The topological polar surface area (TPSA) is 48.0 Å². The van der Waals surface area contributed by atoms with Gasteiger partial charge in [0.15, 0.2) is 0 Å². The summed E-state index contributed by atoms with van der Waals surface area (Å²) < 4.78 is 0. The summed E-state index contributed by atoms with van der Waals surface area (Å²) in [5.74, 6) is 0. The van der Waals surface area contributed by atoms with Crippen molar-refractivity contribution in [2.75, 3.05) is 6.61 Å². The first-order valence-corrected chi connectivity index (χ1v) is 9.35. The van der Waals surface area contributed by atoms with Gasteiger partial charge in [-0.25, -0.2) is 0 Å². The van der Waals surface area contributed by atoms with Crippen molar-refractivity contribution < 1.29 is 5.11 Å². The molecule has 1 aliphatic rings. The van der Waals surface area contributed by atoms with Crippen molar-refractivity contribution in [2.24, 2.45) is 0 Å². The van der Waals surface area contributed by atoms with E-state index in [0.29, 0.717) is 10.0 Å². The maximum absolute atomic E-state index is 9.96. The Kier molecular flexibility index (Phi) is 4.74. The first-order chi connectivity index (χ1) is 12.2. The second kappa shape index (κ2) is 7.00. The summed E-state index contributed by atoms with van der Waals surface area (Å²) in [6.45, 7) is -0.0600. The van der Waals surface area contributed by atoms with E-state index in [1.54, 1.807) is 0 Å². The Hall–Kier alpha value is -1.52. The van der Waals surface area contributed by atoms with Crippen molar-refractivity contribution in [2.45, 2.75) is 31.3 Å². The fourth-order valence-corrected chi connectivity index (χ4v) is 4.56. The van der Waals surface area contributed by atoms with Crippen molar-refractivity contribution in [3.05, 3.63) is 69.3 Å². The van der Waals surface area contributed by atoms with Crippen molar-refractivity contribution >= 4 is 34.1 Å². The van der Waals surface area contributed by atoms with E-state index in [-0.39, 0.29) is 18.7 Å². The Morgan fingerprint density at radius 3 is 2.64 bits per heavy atom. The number of rotatable bonds is 4. The Bertz CT molecular complexity index is 886. The summed E-state index contributed by atoms with van der Waals surface area (Å²) >= 11 is 12.7. The van der Waals surface area contributed by atoms with Gasteiger partial charge in [0, 0.05) is 38.2 Å². The molecular weight excluding hydrogens is 355 g/mol. The van der Waals surface area contributed by atoms with Crippen LogP contribution in [0.4, 0.5) is 0 Å². The quantitative estimate of drug-likeness (QED) is 0.589. The van der Waals surface area contributed by atoms with Crippen LogP contribution in [-0.2, 0) is 6.42 Å². The zero-order valence-electron chi connectivity index (χ0n) is 13.7. The van der Waals surface area contributed by atoms with Crippen LogP contribution in [0.5, 0.6) is 0 Å². The third-order valence-corrected chi connectivity index (χ3v) is 5.71. The lowest BCUT2D eigenvalue weighted by molar-refractivity contribution is 0.227. The van der Waals surface area contributed by atoms with E-state index in [0.717, 1.165) is 30.3 Å². The monoisotopic (exact) mass is 374 g/mol. The number of hydrogen-bond acceptors (Lipinski definition) is 2. The summed E-state index contributed by atoms with van der Waals surface area (Å²) in [7, 11) is 0. The second-order valence-electron chi connectivity index (χ2n) is 6.54. The number of benzene rings is 2. The number of aryl methyl sites for hydroxylation is 1. The zero-order valence-corrected chi connectivity index (χ0v) is 15.2. The van der Waals surface area contributed by atoms with Crippen molar-refractivity contribution in [3.8, 4) is 0 Å². The number of aliphatic hydroxyl groups is 1. The average Bonchev–Trinajstić information content (AvgIpc) is 3.00. The normalized spacial score (nSPS) is 18.3. The number of para-hydroxylation sites is 1. The highest BCUT2D eigenvalue weighted by Crippen LogP contribution is 2.37. The van der Waals surface area contributed by atoms with Gasteiger partial charge in [-0.1, -0.05) is 47.5 Å². The average molecular weight is 375 g/mol. The number of H-pyrrole nitrogens is 1. The Balaban J connectivity index is 1.69. The minimum absolute atomic E-state index is 0.0600. The maximum atomic E-state index is 9.96. The largest absolute Gasteiger partial charge is 0.394 e. The number of aromatic amines is 1. The maximum Gasteiger partial charge on any atom is 0.0627 e. The van der Waals surface area contributed by atoms with Gasteiger partial charge in [0.05, 0.1) is 12.6 Å². The predicted molar refractivity (Wildman–Crippen MR) is 103 cm³/mol. The lowest BCUT2D eigenvalue weighted by Gasteiger charge is -2.29. The van der Waals surface area contributed by atoms with E-state index in [1.165, 1.54) is 16.6 Å². The molecule has 5 heteroatoms. The highest BCUT2D eigenvalue weighted by Gasteiger charge is 2.27. The number of nitrogens with one attached hydrogen (secondary N) is 2. The van der Waals surface area contributed by atoms with E-state index < -0.39 is 0 Å². The van der Waals surface area contributed by atoms with Crippen LogP contribution >= 0.6 is 23.2 Å². The van der Waals surface area contributed by atoms with Gasteiger partial charge in [-0.3, -0.25) is 5.32 Å². The molecule has 3 aromatic rings. The van der Waals surface area contributed by atoms with E-state index in [1.807, 2.05) is 24.3 Å². The summed E-state index contributed by atoms with van der Waals surface area (Å²) in [6, 6.07) is 13.7. The molecule has 1 aliphatic carbocycles. The molecule has 2 atom stereocenters. The van der Waals surface area contributed by atoms with Crippen molar-refractivity contribution in [1.82, 2.24) is 10.3 Å². The molecule has 0 radical (unpaired) electrons. The fraction of sp³-hybridized carbons (Fsp3) is 0.300. The molecule has 25 heavy (non-hydrogen) atoms. The van der Waals surface area contributed by atoms with Crippen LogP contribution in [0.25, 0.3) is 10.9 Å². The highest BCUT2D eigenvalue weighted by molar-refractivity contribution is 6.36. The standard InChI is InChI=1S/C20H20Cl2N2O/c21-14-7-4-8-15(22)19(14)18(11-25)23-17-10-3-6-13-12-5-1-2-9-16(12)24-20(13)17/h1-2,4-5,7-9,17-18,23-25H,3,6,10-11H2. The molecule has 4 rings (SSSR count). The van der Waals surface area contributed by atoms with Gasteiger partial charge in [0.2, 0.25) is 0 Å². The van der Waals surface area contributed by atoms with Gasteiger partial charge in [-0.15, -0.1) is 0 Å². The zero-order chi connectivity index (χ0) is 17.4. The lowest BCUT2D eigenvalue weighted by Crippen LogP contribution is -2.31. The van der Waals surface area contributed by atoms with Crippen molar-refractivity contribution in [1.29, 1.82) is 0 Å². The summed E-state index contributed by atoms with van der Waals surface area (Å²) in [4.78, 5) is 3.57.